The van der Waals surface area contributed by atoms with E-state index in [4.69, 9.17) is 16.3 Å². The summed E-state index contributed by atoms with van der Waals surface area (Å²) in [5.74, 6) is -1.23. The topological polar surface area (TPSA) is 67.4 Å². The molecule has 2 aromatic carbocycles. The van der Waals surface area contributed by atoms with Crippen LogP contribution in [0.25, 0.3) is 0 Å². The van der Waals surface area contributed by atoms with E-state index >= 15 is 0 Å². The summed E-state index contributed by atoms with van der Waals surface area (Å²) >= 11 is 5.67. The van der Waals surface area contributed by atoms with Gasteiger partial charge in [0.1, 0.15) is 0 Å². The van der Waals surface area contributed by atoms with Crippen molar-refractivity contribution in [2.24, 2.45) is 0 Å². The molecular weight excluding hydrogens is 323 g/mol. The molecule has 0 aliphatic heterocycles. The van der Waals surface area contributed by atoms with Gasteiger partial charge in [-0.25, -0.2) is 9.18 Å². The van der Waals surface area contributed by atoms with E-state index in [0.717, 1.165) is 0 Å². The van der Waals surface area contributed by atoms with Crippen LogP contribution in [0.2, 0.25) is 5.02 Å². The van der Waals surface area contributed by atoms with Crippen molar-refractivity contribution in [2.45, 2.75) is 6.92 Å². The predicted octanol–water partition coefficient (Wildman–Crippen LogP) is 4.30. The van der Waals surface area contributed by atoms with E-state index in [-0.39, 0.29) is 22.9 Å². The number of ether oxygens (including phenoxy) is 1. The van der Waals surface area contributed by atoms with Gasteiger partial charge in [0.2, 0.25) is 0 Å². The van der Waals surface area contributed by atoms with Crippen LogP contribution in [0.5, 0.6) is 0 Å². The molecule has 0 bridgehead atoms. The number of carbonyl (C=O) groups is 2. The average molecular weight is 337 g/mol. The maximum Gasteiger partial charge on any atom is 0.411 e. The third-order valence-corrected chi connectivity index (χ3v) is 3.14. The molecule has 0 fully saturated rings. The van der Waals surface area contributed by atoms with E-state index in [1.54, 1.807) is 19.1 Å². The third-order valence-electron chi connectivity index (χ3n) is 2.85. The molecule has 0 heterocycles. The average Bonchev–Trinajstić information content (AvgIpc) is 2.52. The quantitative estimate of drug-likeness (QED) is 0.874. The molecule has 2 aromatic rings. The Morgan fingerprint density at radius 3 is 2.65 bits per heavy atom. The second kappa shape index (κ2) is 7.60. The lowest BCUT2D eigenvalue weighted by atomic mass is 10.2. The molecule has 0 aliphatic carbocycles. The molecule has 23 heavy (non-hydrogen) atoms. The number of nitrogens with one attached hydrogen (secondary N) is 2. The molecule has 0 atom stereocenters. The van der Waals surface area contributed by atoms with Crippen molar-refractivity contribution in [3.63, 3.8) is 0 Å². The fourth-order valence-electron chi connectivity index (χ4n) is 1.82. The lowest BCUT2D eigenvalue weighted by Crippen LogP contribution is -2.15. The molecule has 120 valence electrons. The van der Waals surface area contributed by atoms with Crippen LogP contribution >= 0.6 is 11.6 Å². The van der Waals surface area contributed by atoms with Crippen LogP contribution in [0.4, 0.5) is 20.6 Å². The van der Waals surface area contributed by atoms with E-state index in [2.05, 4.69) is 10.6 Å². The first-order valence-corrected chi connectivity index (χ1v) is 7.18. The monoisotopic (exact) mass is 336 g/mol. The normalized spacial score (nSPS) is 10.0. The van der Waals surface area contributed by atoms with Gasteiger partial charge in [-0.3, -0.25) is 10.1 Å². The van der Waals surface area contributed by atoms with Gasteiger partial charge in [-0.05, 0) is 37.3 Å². The summed E-state index contributed by atoms with van der Waals surface area (Å²) < 4.78 is 18.5. The fraction of sp³-hybridized carbons (Fsp3) is 0.125. The van der Waals surface area contributed by atoms with Crippen molar-refractivity contribution < 1.29 is 18.7 Å². The van der Waals surface area contributed by atoms with Gasteiger partial charge in [-0.15, -0.1) is 0 Å². The molecule has 2 amide bonds. The second-order valence-corrected chi connectivity index (χ2v) is 4.89. The first-order valence-electron chi connectivity index (χ1n) is 6.80. The van der Waals surface area contributed by atoms with E-state index in [0.29, 0.717) is 5.69 Å². The van der Waals surface area contributed by atoms with Crippen LogP contribution in [0.3, 0.4) is 0 Å². The summed E-state index contributed by atoms with van der Waals surface area (Å²) in [5.41, 5.74) is 0.618. The number of rotatable bonds is 4. The Hall–Kier alpha value is -2.60. The number of hydrogen-bond acceptors (Lipinski definition) is 3. The minimum Gasteiger partial charge on any atom is -0.450 e. The number of amides is 2. The van der Waals surface area contributed by atoms with Gasteiger partial charge in [0.25, 0.3) is 5.91 Å². The molecule has 2 N–H and O–H groups in total. The van der Waals surface area contributed by atoms with Gasteiger partial charge in [0.15, 0.2) is 5.82 Å². The Morgan fingerprint density at radius 1 is 1.17 bits per heavy atom. The summed E-state index contributed by atoms with van der Waals surface area (Å²) in [6.07, 6.45) is -0.619. The highest BCUT2D eigenvalue weighted by Gasteiger charge is 2.12. The summed E-state index contributed by atoms with van der Waals surface area (Å²) in [7, 11) is 0. The standard InChI is InChI=1S/C16H14ClFN2O3/c1-2-23-16(22)19-11-6-3-5-10(9-11)15(21)20-13-8-4-7-12(17)14(13)18/h3-9H,2H2,1H3,(H,19,22)(H,20,21). The number of carbonyl (C=O) groups excluding carboxylic acids is 2. The van der Waals surface area contributed by atoms with Crippen molar-refractivity contribution in [3.05, 3.63) is 58.9 Å². The molecule has 7 heteroatoms. The number of hydrogen-bond donors (Lipinski definition) is 2. The van der Waals surface area contributed by atoms with Gasteiger partial charge >= 0.3 is 6.09 Å². The van der Waals surface area contributed by atoms with E-state index in [9.17, 15) is 14.0 Å². The van der Waals surface area contributed by atoms with Crippen molar-refractivity contribution in [3.8, 4) is 0 Å². The third kappa shape index (κ3) is 4.43. The minimum absolute atomic E-state index is 0.0220. The first-order chi connectivity index (χ1) is 11.0. The number of halogens is 2. The Balaban J connectivity index is 2.13. The molecule has 0 saturated heterocycles. The summed E-state index contributed by atoms with van der Waals surface area (Å²) in [6.45, 7) is 1.92. The molecule has 0 spiro atoms. The van der Waals surface area contributed by atoms with Gasteiger partial charge in [0.05, 0.1) is 17.3 Å². The van der Waals surface area contributed by atoms with Gasteiger partial charge in [-0.1, -0.05) is 23.7 Å². The molecule has 0 aliphatic rings. The molecule has 5 nitrogen and oxygen atoms in total. The number of anilines is 2. The minimum atomic E-state index is -0.705. The fourth-order valence-corrected chi connectivity index (χ4v) is 1.99. The van der Waals surface area contributed by atoms with Crippen molar-refractivity contribution in [1.29, 1.82) is 0 Å². The van der Waals surface area contributed by atoms with E-state index < -0.39 is 17.8 Å². The van der Waals surface area contributed by atoms with Crippen LogP contribution in [-0.2, 0) is 4.74 Å². The largest absolute Gasteiger partial charge is 0.450 e. The van der Waals surface area contributed by atoms with Crippen molar-refractivity contribution >= 4 is 35.0 Å². The molecule has 0 aromatic heterocycles. The SMILES string of the molecule is CCOC(=O)Nc1cccc(C(=O)Nc2cccc(Cl)c2F)c1. The highest BCUT2D eigenvalue weighted by atomic mass is 35.5. The molecule has 0 radical (unpaired) electrons. The van der Waals surface area contributed by atoms with Gasteiger partial charge in [-0.2, -0.15) is 0 Å². The van der Waals surface area contributed by atoms with Crippen molar-refractivity contribution in [2.75, 3.05) is 17.2 Å². The smallest absolute Gasteiger partial charge is 0.411 e. The Morgan fingerprint density at radius 2 is 1.91 bits per heavy atom. The molecule has 0 unspecified atom stereocenters. The van der Waals surface area contributed by atoms with Crippen molar-refractivity contribution in [1.82, 2.24) is 0 Å². The highest BCUT2D eigenvalue weighted by Crippen LogP contribution is 2.22. The maximum absolute atomic E-state index is 13.8. The van der Waals surface area contributed by atoms with Gasteiger partial charge < -0.3 is 10.1 Å². The zero-order valence-electron chi connectivity index (χ0n) is 12.2. The highest BCUT2D eigenvalue weighted by molar-refractivity contribution is 6.31. The van der Waals surface area contributed by atoms with Crippen LogP contribution in [0.1, 0.15) is 17.3 Å². The summed E-state index contributed by atoms with van der Waals surface area (Å²) in [6, 6.07) is 10.5. The van der Waals surface area contributed by atoms with Crippen LogP contribution in [0.15, 0.2) is 42.5 Å². The van der Waals surface area contributed by atoms with Crippen LogP contribution < -0.4 is 10.6 Å². The Kier molecular flexibility index (Phi) is 5.54. The molecule has 0 saturated carbocycles. The van der Waals surface area contributed by atoms with E-state index in [1.807, 2.05) is 0 Å². The van der Waals surface area contributed by atoms with Crippen LogP contribution in [-0.4, -0.2) is 18.6 Å². The zero-order valence-corrected chi connectivity index (χ0v) is 13.0. The predicted molar refractivity (Wildman–Crippen MR) is 86.4 cm³/mol. The Bertz CT molecular complexity index is 737. The maximum atomic E-state index is 13.8. The summed E-state index contributed by atoms with van der Waals surface area (Å²) in [5, 5.41) is 4.83. The Labute approximate surface area is 137 Å². The summed E-state index contributed by atoms with van der Waals surface area (Å²) in [4.78, 5) is 23.5. The second-order valence-electron chi connectivity index (χ2n) is 4.48. The lowest BCUT2D eigenvalue weighted by Gasteiger charge is -2.09. The molecular formula is C16H14ClFN2O3. The lowest BCUT2D eigenvalue weighted by molar-refractivity contribution is 0.102. The molecule has 2 rings (SSSR count). The number of benzene rings is 2. The van der Waals surface area contributed by atoms with E-state index in [1.165, 1.54) is 30.3 Å². The van der Waals surface area contributed by atoms with Crippen LogP contribution in [0, 0.1) is 5.82 Å². The first kappa shape index (κ1) is 16.8. The zero-order chi connectivity index (χ0) is 16.8. The van der Waals surface area contributed by atoms with Gasteiger partial charge in [0, 0.05) is 11.3 Å².